The molecule has 0 spiro atoms. The van der Waals surface area contributed by atoms with Crippen LogP contribution in [0.25, 0.3) is 0 Å². The maximum absolute atomic E-state index is 12.0. The van der Waals surface area contributed by atoms with Gasteiger partial charge in [-0.25, -0.2) is 0 Å². The lowest BCUT2D eigenvalue weighted by molar-refractivity contribution is -0.136. The molecule has 0 aromatic heterocycles. The van der Waals surface area contributed by atoms with Crippen molar-refractivity contribution in [3.05, 3.63) is 17.2 Å². The lowest BCUT2D eigenvalue weighted by Gasteiger charge is -2.14. The molecule has 0 heterocycles. The molecule has 2 N–H and O–H groups in total. The van der Waals surface area contributed by atoms with Gasteiger partial charge in [0.1, 0.15) is 11.5 Å². The zero-order valence-electron chi connectivity index (χ0n) is 12.6. The molecule has 6 nitrogen and oxygen atoms in total. The van der Waals surface area contributed by atoms with Crippen molar-refractivity contribution >= 4 is 29.1 Å². The molecule has 120 valence electrons. The van der Waals surface area contributed by atoms with E-state index in [4.69, 9.17) is 21.1 Å². The molecular formula is C15H19ClN2O4. The van der Waals surface area contributed by atoms with Gasteiger partial charge in [0.05, 0.1) is 24.9 Å². The van der Waals surface area contributed by atoms with E-state index in [1.807, 2.05) is 0 Å². The van der Waals surface area contributed by atoms with Crippen molar-refractivity contribution in [2.45, 2.75) is 31.7 Å². The molecule has 0 unspecified atom stereocenters. The Morgan fingerprint density at radius 2 is 1.73 bits per heavy atom. The number of methoxy groups -OCH3 is 2. The Kier molecular flexibility index (Phi) is 5.49. The van der Waals surface area contributed by atoms with Gasteiger partial charge >= 0.3 is 11.8 Å². The third-order valence-corrected chi connectivity index (χ3v) is 3.91. The molecule has 2 rings (SSSR count). The Labute approximate surface area is 134 Å². The van der Waals surface area contributed by atoms with Crippen LogP contribution in [0.4, 0.5) is 5.69 Å². The van der Waals surface area contributed by atoms with Crippen LogP contribution >= 0.6 is 11.6 Å². The number of halogens is 1. The number of carbonyl (C=O) groups is 2. The fraction of sp³-hybridized carbons (Fsp3) is 0.467. The van der Waals surface area contributed by atoms with Crippen LogP contribution < -0.4 is 20.1 Å². The van der Waals surface area contributed by atoms with Crippen LogP contribution in [-0.2, 0) is 9.59 Å². The van der Waals surface area contributed by atoms with Crippen molar-refractivity contribution < 1.29 is 19.1 Å². The van der Waals surface area contributed by atoms with E-state index < -0.39 is 11.8 Å². The van der Waals surface area contributed by atoms with Crippen molar-refractivity contribution in [2.24, 2.45) is 0 Å². The largest absolute Gasteiger partial charge is 0.495 e. The van der Waals surface area contributed by atoms with Crippen LogP contribution in [0, 0.1) is 0 Å². The summed E-state index contributed by atoms with van der Waals surface area (Å²) in [6.45, 7) is 0. The molecule has 1 aromatic rings. The first-order valence-electron chi connectivity index (χ1n) is 7.08. The summed E-state index contributed by atoms with van der Waals surface area (Å²) in [6, 6.07) is 3.12. The van der Waals surface area contributed by atoms with Gasteiger partial charge in [-0.2, -0.15) is 0 Å². The molecule has 0 saturated heterocycles. The maximum Gasteiger partial charge on any atom is 0.313 e. The number of rotatable bonds is 4. The Balaban J connectivity index is 2.08. The number of hydrogen-bond acceptors (Lipinski definition) is 4. The quantitative estimate of drug-likeness (QED) is 0.833. The molecular weight excluding hydrogens is 308 g/mol. The molecule has 0 bridgehead atoms. The van der Waals surface area contributed by atoms with E-state index in [9.17, 15) is 9.59 Å². The molecule has 0 radical (unpaired) electrons. The van der Waals surface area contributed by atoms with Crippen molar-refractivity contribution in [3.8, 4) is 11.5 Å². The molecule has 1 fully saturated rings. The fourth-order valence-electron chi connectivity index (χ4n) is 2.46. The molecule has 22 heavy (non-hydrogen) atoms. The first-order chi connectivity index (χ1) is 10.5. The minimum atomic E-state index is -0.741. The molecule has 7 heteroatoms. The topological polar surface area (TPSA) is 76.7 Å². The van der Waals surface area contributed by atoms with Gasteiger partial charge < -0.3 is 20.1 Å². The van der Waals surface area contributed by atoms with E-state index in [-0.39, 0.29) is 6.04 Å². The second-order valence-corrected chi connectivity index (χ2v) is 5.50. The molecule has 2 amide bonds. The van der Waals surface area contributed by atoms with E-state index in [0.717, 1.165) is 25.7 Å². The lowest BCUT2D eigenvalue weighted by atomic mass is 10.2. The first kappa shape index (κ1) is 16.4. The summed E-state index contributed by atoms with van der Waals surface area (Å²) < 4.78 is 10.2. The second kappa shape index (κ2) is 7.35. The molecule has 0 aliphatic heterocycles. The lowest BCUT2D eigenvalue weighted by Crippen LogP contribution is -2.40. The van der Waals surface area contributed by atoms with Gasteiger partial charge in [-0.1, -0.05) is 24.4 Å². The third-order valence-electron chi connectivity index (χ3n) is 3.62. The minimum Gasteiger partial charge on any atom is -0.495 e. The number of ether oxygens (including phenoxy) is 2. The number of anilines is 1. The predicted octanol–water partition coefficient (Wildman–Crippen LogP) is 2.35. The summed E-state index contributed by atoms with van der Waals surface area (Å²) >= 11 is 6.00. The molecule has 1 aromatic carbocycles. The molecule has 0 atom stereocenters. The summed E-state index contributed by atoms with van der Waals surface area (Å²) in [4.78, 5) is 23.9. The van der Waals surface area contributed by atoms with Gasteiger partial charge in [0.2, 0.25) is 0 Å². The van der Waals surface area contributed by atoms with Gasteiger partial charge in [0, 0.05) is 18.2 Å². The summed E-state index contributed by atoms with van der Waals surface area (Å²) in [5, 5.41) is 5.60. The summed E-state index contributed by atoms with van der Waals surface area (Å²) in [6.07, 6.45) is 3.98. The number of benzene rings is 1. The van der Waals surface area contributed by atoms with E-state index in [1.165, 1.54) is 26.4 Å². The Hall–Kier alpha value is -1.95. The van der Waals surface area contributed by atoms with E-state index in [1.54, 1.807) is 0 Å². The van der Waals surface area contributed by atoms with Gasteiger partial charge in [0.15, 0.2) is 0 Å². The number of hydrogen-bond donors (Lipinski definition) is 2. The third kappa shape index (κ3) is 3.82. The van der Waals surface area contributed by atoms with Crippen molar-refractivity contribution in [1.29, 1.82) is 0 Å². The molecule has 1 aliphatic rings. The first-order valence-corrected chi connectivity index (χ1v) is 7.46. The Morgan fingerprint density at radius 3 is 2.32 bits per heavy atom. The maximum atomic E-state index is 12.0. The zero-order chi connectivity index (χ0) is 16.1. The fourth-order valence-corrected chi connectivity index (χ4v) is 2.69. The highest BCUT2D eigenvalue weighted by Gasteiger charge is 2.22. The van der Waals surface area contributed by atoms with Crippen molar-refractivity contribution in [1.82, 2.24) is 5.32 Å². The van der Waals surface area contributed by atoms with Crippen LogP contribution in [0.15, 0.2) is 12.1 Å². The average Bonchev–Trinajstić information content (AvgIpc) is 3.01. The predicted molar refractivity (Wildman–Crippen MR) is 83.6 cm³/mol. The SMILES string of the molecule is COc1cc(NC(=O)C(=O)NC2CCCC2)c(OC)cc1Cl. The summed E-state index contributed by atoms with van der Waals surface area (Å²) in [5.41, 5.74) is 0.329. The highest BCUT2D eigenvalue weighted by atomic mass is 35.5. The van der Waals surface area contributed by atoms with Crippen LogP contribution in [0.5, 0.6) is 11.5 Å². The number of carbonyl (C=O) groups excluding carboxylic acids is 2. The summed E-state index contributed by atoms with van der Waals surface area (Å²) in [5.74, 6) is -0.653. The standard InChI is InChI=1S/C15H19ClN2O4/c1-21-12-8-11(13(22-2)7-10(12)16)18-15(20)14(19)17-9-5-3-4-6-9/h7-9H,3-6H2,1-2H3,(H,17,19)(H,18,20). The zero-order valence-corrected chi connectivity index (χ0v) is 13.3. The van der Waals surface area contributed by atoms with Crippen molar-refractivity contribution in [2.75, 3.05) is 19.5 Å². The van der Waals surface area contributed by atoms with Crippen LogP contribution in [0.1, 0.15) is 25.7 Å². The van der Waals surface area contributed by atoms with Gasteiger partial charge in [-0.15, -0.1) is 0 Å². The number of amides is 2. The Bertz CT molecular complexity index is 571. The monoisotopic (exact) mass is 326 g/mol. The Morgan fingerprint density at radius 1 is 1.09 bits per heavy atom. The van der Waals surface area contributed by atoms with E-state index in [2.05, 4.69) is 10.6 Å². The van der Waals surface area contributed by atoms with Gasteiger partial charge in [-0.05, 0) is 12.8 Å². The average molecular weight is 327 g/mol. The van der Waals surface area contributed by atoms with Crippen LogP contribution in [-0.4, -0.2) is 32.1 Å². The van der Waals surface area contributed by atoms with Crippen LogP contribution in [0.2, 0.25) is 5.02 Å². The minimum absolute atomic E-state index is 0.0832. The molecule has 1 aliphatic carbocycles. The van der Waals surface area contributed by atoms with Crippen molar-refractivity contribution in [3.63, 3.8) is 0 Å². The van der Waals surface area contributed by atoms with E-state index >= 15 is 0 Å². The molecule has 1 saturated carbocycles. The smallest absolute Gasteiger partial charge is 0.313 e. The van der Waals surface area contributed by atoms with Gasteiger partial charge in [-0.3, -0.25) is 9.59 Å². The summed E-state index contributed by atoms with van der Waals surface area (Å²) in [7, 11) is 2.92. The van der Waals surface area contributed by atoms with Crippen LogP contribution in [0.3, 0.4) is 0 Å². The second-order valence-electron chi connectivity index (χ2n) is 5.10. The van der Waals surface area contributed by atoms with E-state index in [0.29, 0.717) is 22.2 Å². The highest BCUT2D eigenvalue weighted by molar-refractivity contribution is 6.40. The highest BCUT2D eigenvalue weighted by Crippen LogP contribution is 2.35. The van der Waals surface area contributed by atoms with Gasteiger partial charge in [0.25, 0.3) is 0 Å². The number of nitrogens with one attached hydrogen (secondary N) is 2. The normalized spacial score (nSPS) is 14.5.